The summed E-state index contributed by atoms with van der Waals surface area (Å²) in [7, 11) is 0. The Morgan fingerprint density at radius 3 is 2.67 bits per heavy atom. The monoisotopic (exact) mass is 254 g/mol. The van der Waals surface area contributed by atoms with E-state index in [2.05, 4.69) is 10.6 Å². The van der Waals surface area contributed by atoms with Crippen LogP contribution >= 0.6 is 0 Å². The van der Waals surface area contributed by atoms with Crippen LogP contribution in [0.2, 0.25) is 0 Å². The molecule has 0 aromatic carbocycles. The zero-order valence-electron chi connectivity index (χ0n) is 10.5. The van der Waals surface area contributed by atoms with Gasteiger partial charge in [0, 0.05) is 19.0 Å². The molecule has 1 heterocycles. The fourth-order valence-electron chi connectivity index (χ4n) is 1.28. The molecule has 100 valence electrons. The standard InChI is InChI=1S/C12H18N2O4/c1-8(2)11(15)14-4-3-13-6-10-5-9(7-18-10)12(16)17/h5,7-8,13H,3-4,6H2,1-2H3,(H,14,15)(H,16,17). The van der Waals surface area contributed by atoms with Gasteiger partial charge in [-0.1, -0.05) is 13.8 Å². The van der Waals surface area contributed by atoms with Crippen molar-refractivity contribution in [2.75, 3.05) is 13.1 Å². The maximum Gasteiger partial charge on any atom is 0.338 e. The van der Waals surface area contributed by atoms with Gasteiger partial charge in [-0.3, -0.25) is 4.79 Å². The average molecular weight is 254 g/mol. The molecular formula is C12H18N2O4. The van der Waals surface area contributed by atoms with Crippen molar-refractivity contribution in [1.29, 1.82) is 0 Å². The lowest BCUT2D eigenvalue weighted by Crippen LogP contribution is -2.34. The molecule has 1 rings (SSSR count). The van der Waals surface area contributed by atoms with Gasteiger partial charge in [-0.25, -0.2) is 4.79 Å². The van der Waals surface area contributed by atoms with Crippen molar-refractivity contribution in [3.05, 3.63) is 23.7 Å². The molecule has 0 radical (unpaired) electrons. The Labute approximate surface area is 105 Å². The number of carbonyl (C=O) groups is 2. The van der Waals surface area contributed by atoms with Gasteiger partial charge in [0.25, 0.3) is 0 Å². The summed E-state index contributed by atoms with van der Waals surface area (Å²) >= 11 is 0. The molecule has 1 amide bonds. The lowest BCUT2D eigenvalue weighted by Gasteiger charge is -2.07. The third-order valence-corrected chi connectivity index (χ3v) is 2.33. The molecule has 0 aliphatic heterocycles. The summed E-state index contributed by atoms with van der Waals surface area (Å²) in [5.74, 6) is -0.451. The Balaban J connectivity index is 2.18. The number of hydrogen-bond acceptors (Lipinski definition) is 4. The topological polar surface area (TPSA) is 91.6 Å². The highest BCUT2D eigenvalue weighted by Crippen LogP contribution is 2.06. The molecule has 1 aromatic rings. The summed E-state index contributed by atoms with van der Waals surface area (Å²) in [5.41, 5.74) is 0.139. The van der Waals surface area contributed by atoms with Gasteiger partial charge in [-0.2, -0.15) is 0 Å². The third-order valence-electron chi connectivity index (χ3n) is 2.33. The van der Waals surface area contributed by atoms with E-state index in [4.69, 9.17) is 9.52 Å². The lowest BCUT2D eigenvalue weighted by atomic mass is 10.2. The van der Waals surface area contributed by atoms with Crippen LogP contribution < -0.4 is 10.6 Å². The molecule has 0 spiro atoms. The number of nitrogens with one attached hydrogen (secondary N) is 2. The largest absolute Gasteiger partial charge is 0.478 e. The first-order chi connectivity index (χ1) is 8.50. The van der Waals surface area contributed by atoms with Crippen molar-refractivity contribution in [3.63, 3.8) is 0 Å². The quantitative estimate of drug-likeness (QED) is 0.627. The van der Waals surface area contributed by atoms with Gasteiger partial charge in [0.2, 0.25) is 5.91 Å². The van der Waals surface area contributed by atoms with Crippen LogP contribution in [0, 0.1) is 5.92 Å². The molecular weight excluding hydrogens is 236 g/mol. The normalized spacial score (nSPS) is 10.6. The molecule has 6 heteroatoms. The minimum atomic E-state index is -1.01. The summed E-state index contributed by atoms with van der Waals surface area (Å²) < 4.78 is 5.06. The molecule has 18 heavy (non-hydrogen) atoms. The smallest absolute Gasteiger partial charge is 0.338 e. The molecule has 0 saturated carbocycles. The number of carboxylic acids is 1. The SMILES string of the molecule is CC(C)C(=O)NCCNCc1cc(C(=O)O)co1. The van der Waals surface area contributed by atoms with E-state index in [0.29, 0.717) is 25.4 Å². The number of rotatable bonds is 7. The van der Waals surface area contributed by atoms with Crippen LogP contribution in [0.15, 0.2) is 16.7 Å². The van der Waals surface area contributed by atoms with Gasteiger partial charge in [0.1, 0.15) is 12.0 Å². The molecule has 0 aliphatic carbocycles. The molecule has 0 fully saturated rings. The molecule has 0 bridgehead atoms. The molecule has 1 aromatic heterocycles. The summed E-state index contributed by atoms with van der Waals surface area (Å²) in [6, 6.07) is 1.47. The zero-order valence-corrected chi connectivity index (χ0v) is 10.5. The molecule has 0 saturated heterocycles. The Kier molecular flexibility index (Phi) is 5.38. The fraction of sp³-hybridized carbons (Fsp3) is 0.500. The number of aromatic carboxylic acids is 1. The first-order valence-corrected chi connectivity index (χ1v) is 5.80. The van der Waals surface area contributed by atoms with Gasteiger partial charge < -0.3 is 20.2 Å². The molecule has 0 unspecified atom stereocenters. The van der Waals surface area contributed by atoms with Gasteiger partial charge in [-0.05, 0) is 6.07 Å². The molecule has 3 N–H and O–H groups in total. The van der Waals surface area contributed by atoms with Gasteiger partial charge in [0.05, 0.1) is 12.1 Å². The van der Waals surface area contributed by atoms with Crippen LogP contribution in [-0.4, -0.2) is 30.1 Å². The van der Waals surface area contributed by atoms with Crippen molar-refractivity contribution in [3.8, 4) is 0 Å². The van der Waals surface area contributed by atoms with E-state index >= 15 is 0 Å². The van der Waals surface area contributed by atoms with Crippen molar-refractivity contribution in [2.45, 2.75) is 20.4 Å². The van der Waals surface area contributed by atoms with Crippen molar-refractivity contribution < 1.29 is 19.1 Å². The number of furan rings is 1. The fourth-order valence-corrected chi connectivity index (χ4v) is 1.28. The van der Waals surface area contributed by atoms with E-state index < -0.39 is 5.97 Å². The Hall–Kier alpha value is -1.82. The summed E-state index contributed by atoms with van der Waals surface area (Å²) in [4.78, 5) is 21.8. The van der Waals surface area contributed by atoms with Crippen LogP contribution in [0.4, 0.5) is 0 Å². The van der Waals surface area contributed by atoms with Crippen molar-refractivity contribution >= 4 is 11.9 Å². The minimum Gasteiger partial charge on any atom is -0.478 e. The van der Waals surface area contributed by atoms with Crippen LogP contribution in [-0.2, 0) is 11.3 Å². The van der Waals surface area contributed by atoms with E-state index in [1.165, 1.54) is 12.3 Å². The Morgan fingerprint density at radius 1 is 1.39 bits per heavy atom. The predicted octanol–water partition coefficient (Wildman–Crippen LogP) is 0.840. The van der Waals surface area contributed by atoms with E-state index in [1.807, 2.05) is 13.8 Å². The van der Waals surface area contributed by atoms with Crippen molar-refractivity contribution in [1.82, 2.24) is 10.6 Å². The first kappa shape index (κ1) is 14.2. The van der Waals surface area contributed by atoms with E-state index in [9.17, 15) is 9.59 Å². The van der Waals surface area contributed by atoms with E-state index in [0.717, 1.165) is 0 Å². The summed E-state index contributed by atoms with van der Waals surface area (Å²) in [6.45, 7) is 5.23. The highest BCUT2D eigenvalue weighted by atomic mass is 16.4. The molecule has 0 aliphatic rings. The van der Waals surface area contributed by atoms with Crippen LogP contribution in [0.5, 0.6) is 0 Å². The lowest BCUT2D eigenvalue weighted by molar-refractivity contribution is -0.123. The predicted molar refractivity (Wildman–Crippen MR) is 65.2 cm³/mol. The van der Waals surface area contributed by atoms with Crippen LogP contribution in [0.25, 0.3) is 0 Å². The Bertz CT molecular complexity index is 412. The summed E-state index contributed by atoms with van der Waals surface area (Å²) in [5, 5.41) is 14.5. The second kappa shape index (κ2) is 6.80. The summed E-state index contributed by atoms with van der Waals surface area (Å²) in [6.07, 6.45) is 1.21. The van der Waals surface area contributed by atoms with Gasteiger partial charge in [-0.15, -0.1) is 0 Å². The first-order valence-electron chi connectivity index (χ1n) is 5.80. The van der Waals surface area contributed by atoms with Gasteiger partial charge in [0.15, 0.2) is 0 Å². The van der Waals surface area contributed by atoms with Gasteiger partial charge >= 0.3 is 5.97 Å². The maximum absolute atomic E-state index is 11.2. The minimum absolute atomic E-state index is 0.0166. The van der Waals surface area contributed by atoms with Crippen molar-refractivity contribution in [2.24, 2.45) is 5.92 Å². The van der Waals surface area contributed by atoms with Crippen LogP contribution in [0.1, 0.15) is 30.0 Å². The average Bonchev–Trinajstić information content (AvgIpc) is 2.77. The Morgan fingerprint density at radius 2 is 2.11 bits per heavy atom. The molecule has 6 nitrogen and oxygen atoms in total. The number of carbonyl (C=O) groups excluding carboxylic acids is 1. The second-order valence-corrected chi connectivity index (χ2v) is 4.23. The number of hydrogen-bond donors (Lipinski definition) is 3. The zero-order chi connectivity index (χ0) is 13.5. The number of carboxylic acid groups (broad SMARTS) is 1. The second-order valence-electron chi connectivity index (χ2n) is 4.23. The van der Waals surface area contributed by atoms with E-state index in [-0.39, 0.29) is 17.4 Å². The highest BCUT2D eigenvalue weighted by Gasteiger charge is 2.08. The van der Waals surface area contributed by atoms with E-state index in [1.54, 1.807) is 0 Å². The third kappa shape index (κ3) is 4.58. The number of amides is 1. The maximum atomic E-state index is 11.2. The highest BCUT2D eigenvalue weighted by molar-refractivity contribution is 5.87. The molecule has 0 atom stereocenters. The van der Waals surface area contributed by atoms with Crippen LogP contribution in [0.3, 0.4) is 0 Å².